The fraction of sp³-hybridized carbons (Fsp3) is 0.571. The van der Waals surface area contributed by atoms with E-state index in [0.717, 1.165) is 12.1 Å². The van der Waals surface area contributed by atoms with Crippen LogP contribution in [0.4, 0.5) is 11.4 Å². The van der Waals surface area contributed by atoms with E-state index in [9.17, 15) is 5.11 Å². The van der Waals surface area contributed by atoms with E-state index in [4.69, 9.17) is 10.5 Å². The molecule has 0 aliphatic carbocycles. The Morgan fingerprint density at radius 3 is 2.67 bits per heavy atom. The molecule has 102 valence electrons. The molecule has 1 atom stereocenters. The Kier molecular flexibility index (Phi) is 4.84. The van der Waals surface area contributed by atoms with Crippen molar-refractivity contribution in [3.05, 3.63) is 18.2 Å². The average Bonchev–Trinajstić information content (AvgIpc) is 2.29. The molecule has 0 saturated carbocycles. The van der Waals surface area contributed by atoms with Crippen LogP contribution in [0.25, 0.3) is 0 Å². The fourth-order valence-electron chi connectivity index (χ4n) is 1.43. The fourth-order valence-corrected chi connectivity index (χ4v) is 1.43. The number of benzene rings is 1. The van der Waals surface area contributed by atoms with Crippen LogP contribution >= 0.6 is 0 Å². The summed E-state index contributed by atoms with van der Waals surface area (Å²) in [7, 11) is 0. The van der Waals surface area contributed by atoms with Crippen molar-refractivity contribution in [2.75, 3.05) is 17.7 Å². The molecule has 1 unspecified atom stereocenters. The number of hydrogen-bond acceptors (Lipinski definition) is 4. The van der Waals surface area contributed by atoms with Gasteiger partial charge in [-0.05, 0) is 39.3 Å². The molecule has 0 aromatic heterocycles. The van der Waals surface area contributed by atoms with E-state index in [-0.39, 0.29) is 0 Å². The highest BCUT2D eigenvalue weighted by molar-refractivity contribution is 5.62. The first-order valence-corrected chi connectivity index (χ1v) is 6.35. The summed E-state index contributed by atoms with van der Waals surface area (Å²) >= 11 is 0. The highest BCUT2D eigenvalue weighted by Gasteiger charge is 2.23. The number of hydrogen-bond donors (Lipinski definition) is 3. The molecule has 18 heavy (non-hydrogen) atoms. The molecular formula is C14H24N2O2. The van der Waals surface area contributed by atoms with E-state index < -0.39 is 11.6 Å². The Balaban J connectivity index is 2.84. The first-order chi connectivity index (χ1) is 8.36. The average molecular weight is 252 g/mol. The Labute approximate surface area is 109 Å². The van der Waals surface area contributed by atoms with E-state index in [2.05, 4.69) is 12.2 Å². The Bertz CT molecular complexity index is 389. The summed E-state index contributed by atoms with van der Waals surface area (Å²) in [5, 5.41) is 13.0. The number of nitrogen functional groups attached to an aromatic ring is 1. The lowest BCUT2D eigenvalue weighted by molar-refractivity contribution is 0.133. The predicted molar refractivity (Wildman–Crippen MR) is 76.0 cm³/mol. The molecule has 4 heteroatoms. The lowest BCUT2D eigenvalue weighted by Crippen LogP contribution is -2.41. The van der Waals surface area contributed by atoms with Gasteiger partial charge in [0.2, 0.25) is 0 Å². The van der Waals surface area contributed by atoms with Crippen molar-refractivity contribution in [2.24, 2.45) is 0 Å². The summed E-state index contributed by atoms with van der Waals surface area (Å²) in [4.78, 5) is 0. The topological polar surface area (TPSA) is 67.5 Å². The second-order valence-electron chi connectivity index (χ2n) is 5.12. The zero-order valence-corrected chi connectivity index (χ0v) is 11.7. The zero-order chi connectivity index (χ0) is 13.8. The number of nitrogens with two attached hydrogens (primary N) is 1. The summed E-state index contributed by atoms with van der Waals surface area (Å²) in [6.07, 6.45) is 0.478. The summed E-state index contributed by atoms with van der Waals surface area (Å²) in [6.45, 7) is 8.35. The molecule has 0 bridgehead atoms. The third-order valence-corrected chi connectivity index (χ3v) is 2.99. The molecule has 1 aromatic carbocycles. The van der Waals surface area contributed by atoms with Crippen molar-refractivity contribution < 1.29 is 9.84 Å². The van der Waals surface area contributed by atoms with Crippen LogP contribution in [0.5, 0.6) is 5.75 Å². The summed E-state index contributed by atoms with van der Waals surface area (Å²) in [5.41, 5.74) is 6.97. The van der Waals surface area contributed by atoms with Crippen LogP contribution < -0.4 is 15.8 Å². The molecule has 0 fully saturated rings. The number of nitrogens with one attached hydrogen (secondary N) is 1. The van der Waals surface area contributed by atoms with E-state index in [1.165, 1.54) is 0 Å². The standard InChI is InChI=1S/C14H24N2O2/c1-5-8-18-13-9-11(6-7-12(13)15)16-14(3,4)10(2)17/h6-7,9-10,16-17H,5,8,15H2,1-4H3. The van der Waals surface area contributed by atoms with Gasteiger partial charge in [0.25, 0.3) is 0 Å². The van der Waals surface area contributed by atoms with E-state index in [1.807, 2.05) is 32.0 Å². The van der Waals surface area contributed by atoms with Crippen molar-refractivity contribution in [1.82, 2.24) is 0 Å². The van der Waals surface area contributed by atoms with Gasteiger partial charge in [-0.1, -0.05) is 6.92 Å². The van der Waals surface area contributed by atoms with Gasteiger partial charge in [0.05, 0.1) is 23.9 Å². The monoisotopic (exact) mass is 252 g/mol. The highest BCUT2D eigenvalue weighted by Crippen LogP contribution is 2.28. The minimum absolute atomic E-state index is 0.405. The minimum Gasteiger partial charge on any atom is -0.491 e. The van der Waals surface area contributed by atoms with Crippen molar-refractivity contribution >= 4 is 11.4 Å². The molecule has 4 N–H and O–H groups in total. The van der Waals surface area contributed by atoms with Crippen molar-refractivity contribution in [2.45, 2.75) is 45.8 Å². The zero-order valence-electron chi connectivity index (χ0n) is 11.7. The molecule has 1 aromatic rings. The van der Waals surface area contributed by atoms with E-state index in [0.29, 0.717) is 18.0 Å². The van der Waals surface area contributed by atoms with Gasteiger partial charge in [-0.2, -0.15) is 0 Å². The second-order valence-corrected chi connectivity index (χ2v) is 5.12. The van der Waals surface area contributed by atoms with Crippen LogP contribution in [0.1, 0.15) is 34.1 Å². The normalized spacial score (nSPS) is 13.2. The van der Waals surface area contributed by atoms with Crippen molar-refractivity contribution in [3.8, 4) is 5.75 Å². The quantitative estimate of drug-likeness (QED) is 0.681. The van der Waals surface area contributed by atoms with Crippen molar-refractivity contribution in [1.29, 1.82) is 0 Å². The maximum atomic E-state index is 9.69. The maximum absolute atomic E-state index is 9.69. The smallest absolute Gasteiger partial charge is 0.144 e. The van der Waals surface area contributed by atoms with Crippen molar-refractivity contribution in [3.63, 3.8) is 0 Å². The van der Waals surface area contributed by atoms with Gasteiger partial charge in [-0.3, -0.25) is 0 Å². The molecule has 0 saturated heterocycles. The molecule has 4 nitrogen and oxygen atoms in total. The summed E-state index contributed by atoms with van der Waals surface area (Å²) in [6, 6.07) is 5.57. The summed E-state index contributed by atoms with van der Waals surface area (Å²) < 4.78 is 5.57. The molecule has 1 rings (SSSR count). The van der Waals surface area contributed by atoms with Crippen LogP contribution in [-0.2, 0) is 0 Å². The van der Waals surface area contributed by atoms with Gasteiger partial charge >= 0.3 is 0 Å². The highest BCUT2D eigenvalue weighted by atomic mass is 16.5. The number of rotatable bonds is 6. The number of aliphatic hydroxyl groups is 1. The lowest BCUT2D eigenvalue weighted by Gasteiger charge is -2.30. The van der Waals surface area contributed by atoms with Crippen LogP contribution in [-0.4, -0.2) is 23.4 Å². The second kappa shape index (κ2) is 5.96. The lowest BCUT2D eigenvalue weighted by atomic mass is 9.98. The molecule has 0 radical (unpaired) electrons. The first-order valence-electron chi connectivity index (χ1n) is 6.35. The number of anilines is 2. The maximum Gasteiger partial charge on any atom is 0.144 e. The van der Waals surface area contributed by atoms with Gasteiger partial charge in [-0.25, -0.2) is 0 Å². The molecule has 0 spiro atoms. The Morgan fingerprint density at radius 1 is 1.44 bits per heavy atom. The number of ether oxygens (including phenoxy) is 1. The SMILES string of the molecule is CCCOc1cc(NC(C)(C)C(C)O)ccc1N. The number of aliphatic hydroxyl groups excluding tert-OH is 1. The third-order valence-electron chi connectivity index (χ3n) is 2.99. The Hall–Kier alpha value is -1.42. The third kappa shape index (κ3) is 3.81. The molecular weight excluding hydrogens is 228 g/mol. The predicted octanol–water partition coefficient (Wildman–Crippen LogP) is 2.63. The van der Waals surface area contributed by atoms with Crippen LogP contribution in [0.2, 0.25) is 0 Å². The molecule has 0 amide bonds. The van der Waals surface area contributed by atoms with Crippen LogP contribution in [0.3, 0.4) is 0 Å². The Morgan fingerprint density at radius 2 is 2.11 bits per heavy atom. The minimum atomic E-state index is -0.463. The van der Waals surface area contributed by atoms with Gasteiger partial charge in [0.15, 0.2) is 0 Å². The van der Waals surface area contributed by atoms with Gasteiger partial charge in [-0.15, -0.1) is 0 Å². The van der Waals surface area contributed by atoms with E-state index >= 15 is 0 Å². The molecule has 0 heterocycles. The largest absolute Gasteiger partial charge is 0.491 e. The van der Waals surface area contributed by atoms with Gasteiger partial charge in [0.1, 0.15) is 5.75 Å². The summed E-state index contributed by atoms with van der Waals surface area (Å²) in [5.74, 6) is 0.684. The molecule has 0 aliphatic rings. The molecule has 0 aliphatic heterocycles. The van der Waals surface area contributed by atoms with Crippen LogP contribution in [0, 0.1) is 0 Å². The van der Waals surface area contributed by atoms with E-state index in [1.54, 1.807) is 6.92 Å². The van der Waals surface area contributed by atoms with Gasteiger partial charge in [0, 0.05) is 11.8 Å². The van der Waals surface area contributed by atoms with Gasteiger partial charge < -0.3 is 20.9 Å². The first kappa shape index (κ1) is 14.6. The van der Waals surface area contributed by atoms with Crippen LogP contribution in [0.15, 0.2) is 18.2 Å².